The van der Waals surface area contributed by atoms with Crippen LogP contribution >= 0.6 is 23.8 Å². The molecule has 1 aliphatic rings. The molecule has 0 amide bonds. The number of aromatic nitrogens is 2. The number of benzene rings is 2. The van der Waals surface area contributed by atoms with Crippen molar-refractivity contribution in [3.63, 3.8) is 0 Å². The number of hydrogen-bond acceptors (Lipinski definition) is 3. The molecule has 1 aliphatic heterocycles. The summed E-state index contributed by atoms with van der Waals surface area (Å²) < 4.78 is 2.30. The number of anilines is 1. The number of aromatic hydroxyl groups is 1. The van der Waals surface area contributed by atoms with E-state index in [4.69, 9.17) is 23.8 Å². The molecule has 7 heteroatoms. The van der Waals surface area contributed by atoms with Crippen molar-refractivity contribution in [2.45, 2.75) is 39.8 Å². The fourth-order valence-corrected chi connectivity index (χ4v) is 5.56. The number of phenolic OH excluding ortho intramolecular Hbond substituents is 1. The monoisotopic (exact) mass is 502 g/mol. The fraction of sp³-hybridized carbons (Fsp3) is 0.214. The van der Waals surface area contributed by atoms with Gasteiger partial charge in [0.2, 0.25) is 0 Å². The van der Waals surface area contributed by atoms with Crippen LogP contribution in [-0.4, -0.2) is 19.8 Å². The second-order valence-electron chi connectivity index (χ2n) is 9.01. The normalized spacial score (nSPS) is 17.6. The van der Waals surface area contributed by atoms with Gasteiger partial charge in [-0.25, -0.2) is 0 Å². The third kappa shape index (κ3) is 3.97. The topological polar surface area (TPSA) is 53.3 Å². The Morgan fingerprint density at radius 3 is 2.51 bits per heavy atom. The third-order valence-electron chi connectivity index (χ3n) is 6.90. The highest BCUT2D eigenvalue weighted by atomic mass is 35.5. The highest BCUT2D eigenvalue weighted by molar-refractivity contribution is 7.80. The quantitative estimate of drug-likeness (QED) is 0.306. The maximum atomic E-state index is 10.8. The summed E-state index contributed by atoms with van der Waals surface area (Å²) in [5, 5.41) is 15.3. The molecule has 5 rings (SSSR count). The van der Waals surface area contributed by atoms with Gasteiger partial charge in [-0.15, -0.1) is 0 Å². The fourth-order valence-electron chi connectivity index (χ4n) is 5.06. The zero-order chi connectivity index (χ0) is 24.9. The van der Waals surface area contributed by atoms with Crippen LogP contribution in [0.25, 0.3) is 5.69 Å². The Morgan fingerprint density at radius 1 is 0.971 bits per heavy atom. The lowest BCUT2D eigenvalue weighted by Crippen LogP contribution is -2.29. The van der Waals surface area contributed by atoms with Gasteiger partial charge in [0.05, 0.1) is 23.5 Å². The zero-order valence-corrected chi connectivity index (χ0v) is 21.7. The van der Waals surface area contributed by atoms with E-state index >= 15 is 0 Å². The van der Waals surface area contributed by atoms with Gasteiger partial charge in [0.25, 0.3) is 0 Å². The summed E-state index contributed by atoms with van der Waals surface area (Å²) in [6.07, 6.45) is 1.79. The van der Waals surface area contributed by atoms with Crippen LogP contribution in [0.1, 0.15) is 45.9 Å². The van der Waals surface area contributed by atoms with Gasteiger partial charge in [0.1, 0.15) is 5.75 Å². The molecule has 178 valence electrons. The third-order valence-corrected chi connectivity index (χ3v) is 7.45. The van der Waals surface area contributed by atoms with Gasteiger partial charge in [0, 0.05) is 28.3 Å². The van der Waals surface area contributed by atoms with Gasteiger partial charge >= 0.3 is 0 Å². The molecular formula is C28H27ClN4OS. The molecule has 35 heavy (non-hydrogen) atoms. The first-order valence-electron chi connectivity index (χ1n) is 11.5. The van der Waals surface area contributed by atoms with E-state index in [0.29, 0.717) is 15.8 Å². The van der Waals surface area contributed by atoms with Crippen LogP contribution in [0.15, 0.2) is 66.9 Å². The molecule has 0 aliphatic carbocycles. The van der Waals surface area contributed by atoms with E-state index in [9.17, 15) is 5.11 Å². The molecular weight excluding hydrogens is 476 g/mol. The highest BCUT2D eigenvalue weighted by Gasteiger charge is 2.43. The van der Waals surface area contributed by atoms with E-state index in [-0.39, 0.29) is 17.8 Å². The number of nitrogens with zero attached hydrogens (tertiary/aromatic N) is 3. The molecule has 3 heterocycles. The standard InChI is InChI=1S/C28H27ClN4OS/c1-16-8-7-10-23(18(16)3)32-17(2)14-21(19(32)4)27-26(22-9-5-6-13-30-22)31-28(35)33(27)24-15-20(29)11-12-25(24)34/h5-15,26-27,34H,1-4H3,(H,31,35)/t26-,27-/m0/s1. The molecule has 4 aromatic rings. The largest absolute Gasteiger partial charge is 0.506 e. The number of aryl methyl sites for hydroxylation is 2. The van der Waals surface area contributed by atoms with E-state index in [1.54, 1.807) is 24.4 Å². The lowest BCUT2D eigenvalue weighted by Gasteiger charge is -2.29. The number of thiocarbonyl (C=S) groups is 1. The van der Waals surface area contributed by atoms with Gasteiger partial charge in [0.15, 0.2) is 5.11 Å². The first kappa shape index (κ1) is 23.4. The van der Waals surface area contributed by atoms with Crippen LogP contribution in [0, 0.1) is 27.7 Å². The average Bonchev–Trinajstić information content (AvgIpc) is 3.33. The van der Waals surface area contributed by atoms with Crippen molar-refractivity contribution in [3.8, 4) is 11.4 Å². The molecule has 2 atom stereocenters. The Kier molecular flexibility index (Phi) is 6.03. The lowest BCUT2D eigenvalue weighted by atomic mass is 9.96. The molecule has 0 spiro atoms. The van der Waals surface area contributed by atoms with E-state index in [2.05, 4.69) is 66.8 Å². The summed E-state index contributed by atoms with van der Waals surface area (Å²) in [5.41, 5.74) is 8.43. The first-order chi connectivity index (χ1) is 16.8. The summed E-state index contributed by atoms with van der Waals surface area (Å²) >= 11 is 12.2. The van der Waals surface area contributed by atoms with E-state index < -0.39 is 0 Å². The summed E-state index contributed by atoms with van der Waals surface area (Å²) in [6, 6.07) is 19.0. The summed E-state index contributed by atoms with van der Waals surface area (Å²) in [7, 11) is 0. The number of phenols is 1. The molecule has 0 saturated carbocycles. The van der Waals surface area contributed by atoms with Crippen molar-refractivity contribution in [2.75, 3.05) is 4.90 Å². The van der Waals surface area contributed by atoms with Crippen LogP contribution in [0.4, 0.5) is 5.69 Å². The Bertz CT molecular complexity index is 1430. The molecule has 1 saturated heterocycles. The molecule has 0 bridgehead atoms. The van der Waals surface area contributed by atoms with Crippen molar-refractivity contribution in [3.05, 3.63) is 106 Å². The smallest absolute Gasteiger partial charge is 0.174 e. The predicted molar refractivity (Wildman–Crippen MR) is 146 cm³/mol. The number of pyridine rings is 1. The summed E-state index contributed by atoms with van der Waals surface area (Å²) in [6.45, 7) is 8.55. The van der Waals surface area contributed by atoms with Crippen molar-refractivity contribution < 1.29 is 5.11 Å². The maximum Gasteiger partial charge on any atom is 0.174 e. The second-order valence-corrected chi connectivity index (χ2v) is 9.83. The van der Waals surface area contributed by atoms with Gasteiger partial charge in [-0.1, -0.05) is 29.8 Å². The Labute approximate surface area is 216 Å². The molecule has 2 aromatic heterocycles. The van der Waals surface area contributed by atoms with Crippen molar-refractivity contribution in [2.24, 2.45) is 0 Å². The lowest BCUT2D eigenvalue weighted by molar-refractivity contribution is 0.472. The van der Waals surface area contributed by atoms with E-state index in [1.165, 1.54) is 11.1 Å². The molecule has 0 unspecified atom stereocenters. The highest BCUT2D eigenvalue weighted by Crippen LogP contribution is 2.46. The predicted octanol–water partition coefficient (Wildman–Crippen LogP) is 6.64. The summed E-state index contributed by atoms with van der Waals surface area (Å²) in [5.74, 6) is 0.119. The van der Waals surface area contributed by atoms with Gasteiger partial charge < -0.3 is 19.9 Å². The number of rotatable bonds is 4. The maximum absolute atomic E-state index is 10.8. The minimum Gasteiger partial charge on any atom is -0.506 e. The van der Waals surface area contributed by atoms with Gasteiger partial charge in [-0.3, -0.25) is 4.98 Å². The van der Waals surface area contributed by atoms with Crippen molar-refractivity contribution in [1.29, 1.82) is 0 Å². The van der Waals surface area contributed by atoms with Gasteiger partial charge in [-0.05, 0) is 99.1 Å². The van der Waals surface area contributed by atoms with Crippen LogP contribution in [0.5, 0.6) is 5.75 Å². The van der Waals surface area contributed by atoms with Crippen molar-refractivity contribution in [1.82, 2.24) is 14.9 Å². The van der Waals surface area contributed by atoms with Gasteiger partial charge in [-0.2, -0.15) is 0 Å². The Balaban J connectivity index is 1.73. The summed E-state index contributed by atoms with van der Waals surface area (Å²) in [4.78, 5) is 6.60. The second kappa shape index (κ2) is 9.02. The zero-order valence-electron chi connectivity index (χ0n) is 20.1. The molecule has 2 aromatic carbocycles. The number of hydrogen-bond donors (Lipinski definition) is 2. The molecule has 2 N–H and O–H groups in total. The number of halogens is 1. The van der Waals surface area contributed by atoms with Crippen LogP contribution in [-0.2, 0) is 0 Å². The number of nitrogens with one attached hydrogen (secondary N) is 1. The van der Waals surface area contributed by atoms with Crippen LogP contribution in [0.3, 0.4) is 0 Å². The average molecular weight is 503 g/mol. The SMILES string of the molecule is Cc1cccc(-n2c(C)cc([C@H]3[C@H](c4ccccn4)NC(=S)N3c3cc(Cl)ccc3O)c2C)c1C. The van der Waals surface area contributed by atoms with Crippen molar-refractivity contribution >= 4 is 34.6 Å². The van der Waals surface area contributed by atoms with Crippen LogP contribution < -0.4 is 10.2 Å². The minimum absolute atomic E-state index is 0.119. The Hall–Kier alpha value is -3.35. The Morgan fingerprint density at radius 2 is 1.77 bits per heavy atom. The van der Waals surface area contributed by atoms with E-state index in [1.807, 2.05) is 23.1 Å². The minimum atomic E-state index is -0.244. The molecule has 0 radical (unpaired) electrons. The van der Waals surface area contributed by atoms with E-state index in [0.717, 1.165) is 28.3 Å². The molecule has 5 nitrogen and oxygen atoms in total. The molecule has 1 fully saturated rings. The first-order valence-corrected chi connectivity index (χ1v) is 12.3. The van der Waals surface area contributed by atoms with Crippen LogP contribution in [0.2, 0.25) is 5.02 Å².